The second-order valence-corrected chi connectivity index (χ2v) is 4.98. The number of carboxylic acid groups (broad SMARTS) is 1. The van der Waals surface area contributed by atoms with Gasteiger partial charge in [0.25, 0.3) is 5.91 Å². The summed E-state index contributed by atoms with van der Waals surface area (Å²) in [7, 11) is 1.51. The number of hydrogen-bond acceptors (Lipinski definition) is 4. The number of hydrogen-bond donors (Lipinski definition) is 2. The molecule has 0 spiro atoms. The van der Waals surface area contributed by atoms with Crippen LogP contribution >= 0.6 is 0 Å². The van der Waals surface area contributed by atoms with E-state index >= 15 is 0 Å². The average Bonchev–Trinajstić information content (AvgIpc) is 2.95. The molecule has 2 N–H and O–H groups in total. The lowest BCUT2D eigenvalue weighted by atomic mass is 10.1. The third-order valence-corrected chi connectivity index (χ3v) is 2.96. The summed E-state index contributed by atoms with van der Waals surface area (Å²) in [6.45, 7) is 2.17. The van der Waals surface area contributed by atoms with Crippen LogP contribution in [0.15, 0.2) is 22.8 Å². The number of carbonyl (C=O) groups is 3. The number of rotatable bonds is 8. The second kappa shape index (κ2) is 8.08. The molecule has 0 aliphatic rings. The Balaban J connectivity index is 2.30. The van der Waals surface area contributed by atoms with E-state index in [1.807, 2.05) is 6.92 Å². The SMILES string of the molecule is CC(CCC(=O)O)CNC(=O)CN(C)C(=O)c1ccco1. The van der Waals surface area contributed by atoms with Gasteiger partial charge >= 0.3 is 5.97 Å². The fourth-order valence-electron chi connectivity index (χ4n) is 1.69. The van der Waals surface area contributed by atoms with Gasteiger partial charge < -0.3 is 19.7 Å². The molecule has 0 saturated carbocycles. The van der Waals surface area contributed by atoms with Gasteiger partial charge in [0.15, 0.2) is 5.76 Å². The van der Waals surface area contributed by atoms with Crippen LogP contribution in [0.5, 0.6) is 0 Å². The Bertz CT molecular complexity index is 484. The van der Waals surface area contributed by atoms with Crippen LogP contribution in [0.25, 0.3) is 0 Å². The zero-order valence-corrected chi connectivity index (χ0v) is 12.2. The molecule has 2 amide bonds. The van der Waals surface area contributed by atoms with Crippen LogP contribution in [0, 0.1) is 5.92 Å². The molecule has 0 aromatic carbocycles. The topological polar surface area (TPSA) is 99.9 Å². The van der Waals surface area contributed by atoms with Gasteiger partial charge in [-0.25, -0.2) is 0 Å². The van der Waals surface area contributed by atoms with Crippen LogP contribution < -0.4 is 5.32 Å². The first kappa shape index (κ1) is 16.7. The third kappa shape index (κ3) is 6.11. The van der Waals surface area contributed by atoms with Gasteiger partial charge in [-0.3, -0.25) is 14.4 Å². The molecule has 1 aromatic rings. The van der Waals surface area contributed by atoms with Gasteiger partial charge in [-0.1, -0.05) is 6.92 Å². The standard InChI is InChI=1S/C14H20N2O5/c1-10(5-6-13(18)19)8-15-12(17)9-16(2)14(20)11-4-3-7-21-11/h3-4,7,10H,5-6,8-9H2,1-2H3,(H,15,17)(H,18,19). The maximum Gasteiger partial charge on any atom is 0.303 e. The Morgan fingerprint density at radius 1 is 1.43 bits per heavy atom. The van der Waals surface area contributed by atoms with Crippen molar-refractivity contribution in [2.45, 2.75) is 19.8 Å². The highest BCUT2D eigenvalue weighted by Crippen LogP contribution is 2.05. The Morgan fingerprint density at radius 2 is 2.14 bits per heavy atom. The summed E-state index contributed by atoms with van der Waals surface area (Å²) in [6, 6.07) is 3.13. The Morgan fingerprint density at radius 3 is 2.71 bits per heavy atom. The molecule has 0 aliphatic carbocycles. The summed E-state index contributed by atoms with van der Waals surface area (Å²) in [5, 5.41) is 11.3. The minimum Gasteiger partial charge on any atom is -0.481 e. The van der Waals surface area contributed by atoms with E-state index in [1.165, 1.54) is 24.3 Å². The molecule has 1 unspecified atom stereocenters. The van der Waals surface area contributed by atoms with Gasteiger partial charge in [0, 0.05) is 20.0 Å². The van der Waals surface area contributed by atoms with E-state index in [2.05, 4.69) is 5.32 Å². The molecule has 0 saturated heterocycles. The summed E-state index contributed by atoms with van der Waals surface area (Å²) < 4.78 is 4.97. The van der Waals surface area contributed by atoms with Crippen LogP contribution in [0.1, 0.15) is 30.3 Å². The highest BCUT2D eigenvalue weighted by molar-refractivity contribution is 5.94. The molecule has 1 rings (SSSR count). The van der Waals surface area contributed by atoms with Crippen LogP contribution in [0.3, 0.4) is 0 Å². The van der Waals surface area contributed by atoms with Crippen molar-refractivity contribution in [3.63, 3.8) is 0 Å². The van der Waals surface area contributed by atoms with Gasteiger partial charge in [0.2, 0.25) is 5.91 Å². The molecule has 0 radical (unpaired) electrons. The van der Waals surface area contributed by atoms with E-state index in [0.717, 1.165) is 0 Å². The summed E-state index contributed by atoms with van der Waals surface area (Å²) >= 11 is 0. The summed E-state index contributed by atoms with van der Waals surface area (Å²) in [4.78, 5) is 35.3. The maximum atomic E-state index is 11.8. The number of furan rings is 1. The van der Waals surface area contributed by atoms with Crippen LogP contribution in [0.4, 0.5) is 0 Å². The number of carboxylic acids is 1. The first-order valence-corrected chi connectivity index (χ1v) is 6.67. The van der Waals surface area contributed by atoms with Gasteiger partial charge in [0.05, 0.1) is 12.8 Å². The quantitative estimate of drug-likeness (QED) is 0.744. The summed E-state index contributed by atoms with van der Waals surface area (Å²) in [5.74, 6) is -1.26. The van der Waals surface area contributed by atoms with Crippen LogP contribution in [-0.2, 0) is 9.59 Å². The van der Waals surface area contributed by atoms with Gasteiger partial charge in [-0.05, 0) is 24.5 Å². The number of aliphatic carboxylic acids is 1. The number of nitrogens with one attached hydrogen (secondary N) is 1. The van der Waals surface area contributed by atoms with Gasteiger partial charge in [-0.2, -0.15) is 0 Å². The minimum atomic E-state index is -0.850. The lowest BCUT2D eigenvalue weighted by molar-refractivity contribution is -0.137. The molecule has 0 aliphatic heterocycles. The monoisotopic (exact) mass is 296 g/mol. The fraction of sp³-hybridized carbons (Fsp3) is 0.500. The first-order chi connectivity index (χ1) is 9.90. The molecule has 1 aromatic heterocycles. The molecule has 0 bridgehead atoms. The van der Waals surface area contributed by atoms with E-state index in [-0.39, 0.29) is 36.5 Å². The lowest BCUT2D eigenvalue weighted by Crippen LogP contribution is -2.39. The Kier molecular flexibility index (Phi) is 6.45. The molecule has 7 nitrogen and oxygen atoms in total. The molecule has 21 heavy (non-hydrogen) atoms. The van der Waals surface area contributed by atoms with Crippen molar-refractivity contribution in [3.05, 3.63) is 24.2 Å². The van der Waals surface area contributed by atoms with Crippen molar-refractivity contribution in [1.29, 1.82) is 0 Å². The zero-order valence-electron chi connectivity index (χ0n) is 12.2. The van der Waals surface area contributed by atoms with E-state index in [1.54, 1.807) is 6.07 Å². The van der Waals surface area contributed by atoms with Crippen LogP contribution in [0.2, 0.25) is 0 Å². The first-order valence-electron chi connectivity index (χ1n) is 6.67. The summed E-state index contributed by atoms with van der Waals surface area (Å²) in [6.07, 6.45) is 1.97. The average molecular weight is 296 g/mol. The molecule has 7 heteroatoms. The summed E-state index contributed by atoms with van der Waals surface area (Å²) in [5.41, 5.74) is 0. The minimum absolute atomic E-state index is 0.0659. The van der Waals surface area contributed by atoms with E-state index in [0.29, 0.717) is 13.0 Å². The molecule has 0 fully saturated rings. The molecular weight excluding hydrogens is 276 g/mol. The van der Waals surface area contributed by atoms with Gasteiger partial charge in [-0.15, -0.1) is 0 Å². The number of nitrogens with zero attached hydrogens (tertiary/aromatic N) is 1. The smallest absolute Gasteiger partial charge is 0.303 e. The fourth-order valence-corrected chi connectivity index (χ4v) is 1.69. The Hall–Kier alpha value is -2.31. The van der Waals surface area contributed by atoms with E-state index in [4.69, 9.17) is 9.52 Å². The molecule has 1 atom stereocenters. The van der Waals surface area contributed by atoms with Crippen molar-refractivity contribution >= 4 is 17.8 Å². The van der Waals surface area contributed by atoms with Crippen molar-refractivity contribution in [3.8, 4) is 0 Å². The van der Waals surface area contributed by atoms with Crippen molar-refractivity contribution in [1.82, 2.24) is 10.2 Å². The van der Waals surface area contributed by atoms with Crippen molar-refractivity contribution in [2.24, 2.45) is 5.92 Å². The van der Waals surface area contributed by atoms with Gasteiger partial charge in [0.1, 0.15) is 0 Å². The highest BCUT2D eigenvalue weighted by atomic mass is 16.4. The number of carbonyl (C=O) groups excluding carboxylic acids is 2. The highest BCUT2D eigenvalue weighted by Gasteiger charge is 2.17. The largest absolute Gasteiger partial charge is 0.481 e. The van der Waals surface area contributed by atoms with E-state index < -0.39 is 5.97 Å². The van der Waals surface area contributed by atoms with Crippen molar-refractivity contribution in [2.75, 3.05) is 20.1 Å². The molecule has 1 heterocycles. The Labute approximate surface area is 122 Å². The van der Waals surface area contributed by atoms with Crippen LogP contribution in [-0.4, -0.2) is 47.9 Å². The third-order valence-electron chi connectivity index (χ3n) is 2.96. The van der Waals surface area contributed by atoms with Crippen molar-refractivity contribution < 1.29 is 23.9 Å². The van der Waals surface area contributed by atoms with E-state index in [9.17, 15) is 14.4 Å². The molecular formula is C14H20N2O5. The lowest BCUT2D eigenvalue weighted by Gasteiger charge is -2.17. The predicted molar refractivity (Wildman–Crippen MR) is 74.7 cm³/mol. The predicted octanol–water partition coefficient (Wildman–Crippen LogP) is 0.969. The second-order valence-electron chi connectivity index (χ2n) is 4.98. The molecule has 116 valence electrons. The normalized spacial score (nSPS) is 11.7. The maximum absolute atomic E-state index is 11.8. The number of likely N-dealkylation sites (N-methyl/N-ethyl adjacent to an activating group) is 1. The zero-order chi connectivity index (χ0) is 15.8. The number of amides is 2.